The normalized spacial score (nSPS) is 13.1. The van der Waals surface area contributed by atoms with Gasteiger partial charge in [0.25, 0.3) is 35.4 Å². The first-order valence-electron chi connectivity index (χ1n) is 23.6. The highest BCUT2D eigenvalue weighted by Gasteiger charge is 2.34. The van der Waals surface area contributed by atoms with Crippen molar-refractivity contribution in [3.63, 3.8) is 0 Å². The van der Waals surface area contributed by atoms with Crippen molar-refractivity contribution in [1.29, 1.82) is 10.5 Å². The monoisotopic (exact) mass is 1020 g/mol. The summed E-state index contributed by atoms with van der Waals surface area (Å²) in [5.41, 5.74) is 3.35. The minimum atomic E-state index is -0.644. The van der Waals surface area contributed by atoms with Crippen molar-refractivity contribution in [1.82, 2.24) is 21.3 Å². The Labute approximate surface area is 434 Å². The molecule has 0 saturated carbocycles. The van der Waals surface area contributed by atoms with Crippen LogP contribution < -0.4 is 21.3 Å². The van der Waals surface area contributed by atoms with Gasteiger partial charge in [-0.3, -0.25) is 49.0 Å². The third-order valence-corrected chi connectivity index (χ3v) is 17.6. The lowest BCUT2D eigenvalue weighted by atomic mass is 9.80. The summed E-state index contributed by atoms with van der Waals surface area (Å²) in [5.74, 6) is -3.30. The molecular formula is C60H28N6O8S2. The van der Waals surface area contributed by atoms with Gasteiger partial charge in [-0.05, 0) is 110 Å². The SMILES string of the molecule is CNC(=O)c1ccc2c3c(-c4ccc(-c5ccc(-c6cc(C=O)c7c(C(=O)NC)cc(C#N)c8c9ccc%10c%11c(ccc(c6c78)c%119)C(=O)NC%10=O)s5)s4)cc4c5c(cc(C#N)c(c6ccc(C=O)c1c62)c53)C(=O)NC4=O. The molecule has 4 N–H and O–H groups in total. The average molecular weight is 1030 g/mol. The van der Waals surface area contributed by atoms with Crippen LogP contribution >= 0.6 is 22.7 Å². The van der Waals surface area contributed by atoms with Gasteiger partial charge >= 0.3 is 0 Å². The van der Waals surface area contributed by atoms with Crippen molar-refractivity contribution in [3.05, 3.63) is 153 Å². The van der Waals surface area contributed by atoms with Crippen LogP contribution in [0.4, 0.5) is 0 Å². The van der Waals surface area contributed by atoms with Crippen LogP contribution in [0, 0.1) is 22.7 Å². The Hall–Kier alpha value is -10.3. The Bertz CT molecular complexity index is 4970. The van der Waals surface area contributed by atoms with Gasteiger partial charge in [-0.2, -0.15) is 10.5 Å². The van der Waals surface area contributed by atoms with Gasteiger partial charge in [0, 0.05) is 132 Å². The van der Waals surface area contributed by atoms with Gasteiger partial charge in [-0.25, -0.2) is 0 Å². The number of benzene rings is 10. The molecule has 16 heteroatoms. The van der Waals surface area contributed by atoms with E-state index in [1.807, 2.05) is 24.3 Å². The number of carbonyl (C=O) groups is 8. The fraction of sp³-hybridized carbons (Fsp3) is 0.0333. The molecule has 0 atom stereocenters. The van der Waals surface area contributed by atoms with Crippen LogP contribution in [0.25, 0.3) is 117 Å². The fourth-order valence-electron chi connectivity index (χ4n) is 12.1. The molecule has 0 aliphatic carbocycles. The van der Waals surface area contributed by atoms with Crippen molar-refractivity contribution in [2.24, 2.45) is 0 Å². The molecule has 2 aliphatic rings. The van der Waals surface area contributed by atoms with Crippen LogP contribution in [0.15, 0.2) is 97.1 Å². The first-order chi connectivity index (χ1) is 36.9. The van der Waals surface area contributed by atoms with Crippen LogP contribution in [0.5, 0.6) is 0 Å². The van der Waals surface area contributed by atoms with Gasteiger partial charge in [-0.15, -0.1) is 22.7 Å². The first-order valence-corrected chi connectivity index (χ1v) is 25.2. The molecule has 12 aromatic rings. The Morgan fingerprint density at radius 3 is 1.42 bits per heavy atom. The largest absolute Gasteiger partial charge is 0.355 e. The maximum atomic E-state index is 13.9. The van der Waals surface area contributed by atoms with Crippen molar-refractivity contribution in [2.75, 3.05) is 14.1 Å². The molecule has 0 unspecified atom stereocenters. The van der Waals surface area contributed by atoms with E-state index in [0.717, 1.165) is 9.75 Å². The van der Waals surface area contributed by atoms with Crippen LogP contribution in [-0.4, -0.2) is 62.1 Å². The van der Waals surface area contributed by atoms with Gasteiger partial charge in [0.15, 0.2) is 12.6 Å². The number of fused-ring (bicyclic) bond motifs is 4. The number of hydrogen-bond donors (Lipinski definition) is 4. The minimum Gasteiger partial charge on any atom is -0.355 e. The van der Waals surface area contributed by atoms with Gasteiger partial charge in [0.1, 0.15) is 0 Å². The highest BCUT2D eigenvalue weighted by atomic mass is 32.1. The van der Waals surface area contributed by atoms with E-state index in [-0.39, 0.29) is 55.6 Å². The zero-order valence-electron chi connectivity index (χ0n) is 39.4. The number of amides is 6. The third-order valence-electron chi connectivity index (χ3n) is 15.1. The Kier molecular flexibility index (Phi) is 9.14. The van der Waals surface area contributed by atoms with Crippen LogP contribution in [0.2, 0.25) is 0 Å². The quantitative estimate of drug-likeness (QED) is 0.0510. The second kappa shape index (κ2) is 15.6. The molecule has 358 valence electrons. The first kappa shape index (κ1) is 44.4. The molecule has 4 heterocycles. The summed E-state index contributed by atoms with van der Waals surface area (Å²) in [4.78, 5) is 110. The number of rotatable bonds is 7. The maximum Gasteiger partial charge on any atom is 0.258 e. The molecule has 76 heavy (non-hydrogen) atoms. The van der Waals surface area contributed by atoms with Crippen LogP contribution in [0.3, 0.4) is 0 Å². The summed E-state index contributed by atoms with van der Waals surface area (Å²) >= 11 is 2.85. The van der Waals surface area contributed by atoms with E-state index < -0.39 is 35.4 Å². The maximum absolute atomic E-state index is 13.9. The van der Waals surface area contributed by atoms with E-state index in [0.29, 0.717) is 120 Å². The number of nitrogens with zero attached hydrogens (tertiary/aromatic N) is 2. The Morgan fingerprint density at radius 1 is 0.421 bits per heavy atom. The van der Waals surface area contributed by atoms with E-state index in [9.17, 15) is 48.9 Å². The van der Waals surface area contributed by atoms with E-state index in [2.05, 4.69) is 33.4 Å². The molecule has 0 bridgehead atoms. The average Bonchev–Trinajstić information content (AvgIpc) is 4.17. The molecule has 6 amide bonds. The topological polar surface area (TPSA) is 232 Å². The second-order valence-corrected chi connectivity index (χ2v) is 20.8. The molecule has 10 aromatic carbocycles. The molecule has 14 rings (SSSR count). The number of aldehydes is 2. The lowest BCUT2D eigenvalue weighted by molar-refractivity contribution is 0.0828. The fourth-order valence-corrected chi connectivity index (χ4v) is 14.3. The predicted molar refractivity (Wildman–Crippen MR) is 292 cm³/mol. The van der Waals surface area contributed by atoms with E-state index >= 15 is 0 Å². The molecule has 0 spiro atoms. The van der Waals surface area contributed by atoms with E-state index in [1.54, 1.807) is 60.7 Å². The molecular weight excluding hydrogens is 997 g/mol. The number of carbonyl (C=O) groups excluding carboxylic acids is 8. The molecule has 2 aromatic heterocycles. The van der Waals surface area contributed by atoms with Crippen molar-refractivity contribution < 1.29 is 38.4 Å². The summed E-state index contributed by atoms with van der Waals surface area (Å²) in [5, 5.41) is 40.0. The number of hydrogen-bond acceptors (Lipinski definition) is 12. The van der Waals surface area contributed by atoms with Crippen molar-refractivity contribution in [3.8, 4) is 42.8 Å². The summed E-state index contributed by atoms with van der Waals surface area (Å²) in [6, 6.07) is 32.3. The van der Waals surface area contributed by atoms with Gasteiger partial charge in [0.05, 0.1) is 23.3 Å². The molecule has 2 aliphatic heterocycles. The second-order valence-electron chi connectivity index (χ2n) is 18.6. The minimum absolute atomic E-state index is 0.128. The third kappa shape index (κ3) is 5.60. The standard InChI is InChI=1S/C60H28N6O8S2/c1-63-55(69)31-8-6-29-47-27(4-3-23(21-67)43(31)47)45-25(20-62)16-37-52-38(60(74)66-59(37)73)18-35(50(29)54(45)52)40-12-14-42(76-40)41-13-11-39(75-41)34-17-26(22-68)46-36(56(70)64-2)15-24(19-61)44-28-5-9-32-51-33(58(72)65-57(32)71)10-7-30(48(28)51)49(34)53(44)46/h3-18,21-22H,1-2H3,(H,63,69)(H,64,70)(H,65,71,72)(H,66,73,74). The summed E-state index contributed by atoms with van der Waals surface area (Å²) in [6.07, 6.45) is 1.38. The Balaban J connectivity index is 1.04. The molecule has 0 radical (unpaired) electrons. The molecule has 0 fully saturated rings. The number of imide groups is 2. The van der Waals surface area contributed by atoms with Crippen molar-refractivity contribution >= 4 is 157 Å². The zero-order valence-corrected chi connectivity index (χ0v) is 41.0. The zero-order chi connectivity index (χ0) is 52.3. The smallest absolute Gasteiger partial charge is 0.258 e. The highest BCUT2D eigenvalue weighted by Crippen LogP contribution is 2.53. The van der Waals surface area contributed by atoms with Gasteiger partial charge < -0.3 is 10.6 Å². The summed E-state index contributed by atoms with van der Waals surface area (Å²) < 4.78 is 0. The summed E-state index contributed by atoms with van der Waals surface area (Å²) in [7, 11) is 2.96. The van der Waals surface area contributed by atoms with Crippen LogP contribution in [0.1, 0.15) is 94.0 Å². The molecule has 0 saturated heterocycles. The number of nitriles is 2. The Morgan fingerprint density at radius 2 is 0.855 bits per heavy atom. The van der Waals surface area contributed by atoms with Crippen molar-refractivity contribution in [2.45, 2.75) is 0 Å². The lowest BCUT2D eigenvalue weighted by Crippen LogP contribution is -2.35. The number of thiophene rings is 2. The summed E-state index contributed by atoms with van der Waals surface area (Å²) in [6.45, 7) is 0. The predicted octanol–water partition coefficient (Wildman–Crippen LogP) is 10.8. The van der Waals surface area contributed by atoms with Crippen LogP contribution in [-0.2, 0) is 0 Å². The van der Waals surface area contributed by atoms with Gasteiger partial charge in [0.2, 0.25) is 0 Å². The highest BCUT2D eigenvalue weighted by molar-refractivity contribution is 7.25. The lowest BCUT2D eigenvalue weighted by Gasteiger charge is -2.24. The van der Waals surface area contributed by atoms with E-state index in [4.69, 9.17) is 0 Å². The molecule has 14 nitrogen and oxygen atoms in total. The van der Waals surface area contributed by atoms with E-state index in [1.165, 1.54) is 48.9 Å². The number of nitrogens with one attached hydrogen (secondary N) is 4. The van der Waals surface area contributed by atoms with Gasteiger partial charge in [-0.1, -0.05) is 30.3 Å².